The lowest BCUT2D eigenvalue weighted by atomic mass is 10.3. The Morgan fingerprint density at radius 1 is 1.13 bits per heavy atom. The molecule has 0 rings (SSSR count). The van der Waals surface area contributed by atoms with Crippen LogP contribution in [0.4, 0.5) is 0 Å². The average Bonchev–Trinajstić information content (AvgIpc) is 2.15. The normalized spacial score (nSPS) is 12.0. The Morgan fingerprint density at radius 3 is 2.33 bits per heavy atom. The zero-order chi connectivity index (χ0) is 11.7. The van der Waals surface area contributed by atoms with Crippen LogP contribution >= 0.6 is 0 Å². The fourth-order valence-electron chi connectivity index (χ4n) is 1.15. The molecule has 1 N–H and O–H groups in total. The van der Waals surface area contributed by atoms with Gasteiger partial charge in [0.25, 0.3) is 0 Å². The molecule has 0 spiro atoms. The number of nitrogens with one attached hydrogen (secondary N) is 1. The number of ether oxygens (including phenoxy) is 1. The van der Waals surface area contributed by atoms with E-state index in [0.717, 1.165) is 32.7 Å². The first-order valence-corrected chi connectivity index (χ1v) is 6.06. The first kappa shape index (κ1) is 14.9. The van der Waals surface area contributed by atoms with E-state index < -0.39 is 0 Å². The van der Waals surface area contributed by atoms with Crippen LogP contribution in [-0.2, 0) is 4.74 Å². The molecule has 0 radical (unpaired) electrons. The van der Waals surface area contributed by atoms with Gasteiger partial charge in [-0.05, 0) is 47.7 Å². The van der Waals surface area contributed by atoms with E-state index in [1.165, 1.54) is 0 Å². The van der Waals surface area contributed by atoms with Gasteiger partial charge in [0, 0.05) is 25.7 Å². The second kappa shape index (κ2) is 9.13. The standard InChI is InChI=1S/C12H28N2O/c1-11(2)14(5)9-8-13-7-6-10-15-12(3)4/h11-13H,6-10H2,1-5H3. The van der Waals surface area contributed by atoms with Crippen LogP contribution in [-0.4, -0.2) is 50.3 Å². The van der Waals surface area contributed by atoms with Gasteiger partial charge < -0.3 is 15.0 Å². The molecular formula is C12H28N2O. The van der Waals surface area contributed by atoms with Gasteiger partial charge >= 0.3 is 0 Å². The second-order valence-electron chi connectivity index (χ2n) is 4.60. The van der Waals surface area contributed by atoms with Gasteiger partial charge in [0.2, 0.25) is 0 Å². The SMILES string of the molecule is CC(C)OCCCNCCN(C)C(C)C. The number of likely N-dealkylation sites (N-methyl/N-ethyl adjacent to an activating group) is 1. The molecule has 0 amide bonds. The quantitative estimate of drug-likeness (QED) is 0.594. The summed E-state index contributed by atoms with van der Waals surface area (Å²) in [5, 5.41) is 3.42. The number of nitrogens with zero attached hydrogens (tertiary/aromatic N) is 1. The van der Waals surface area contributed by atoms with Crippen molar-refractivity contribution in [1.82, 2.24) is 10.2 Å². The Hall–Kier alpha value is -0.120. The van der Waals surface area contributed by atoms with E-state index in [-0.39, 0.29) is 0 Å². The fourth-order valence-corrected chi connectivity index (χ4v) is 1.15. The summed E-state index contributed by atoms with van der Waals surface area (Å²) in [5.41, 5.74) is 0. The second-order valence-corrected chi connectivity index (χ2v) is 4.60. The lowest BCUT2D eigenvalue weighted by Gasteiger charge is -2.20. The van der Waals surface area contributed by atoms with Crippen LogP contribution in [0, 0.1) is 0 Å². The predicted molar refractivity (Wildman–Crippen MR) is 66.3 cm³/mol. The zero-order valence-electron chi connectivity index (χ0n) is 11.0. The Kier molecular flexibility index (Phi) is 9.06. The smallest absolute Gasteiger partial charge is 0.0518 e. The van der Waals surface area contributed by atoms with Crippen molar-refractivity contribution in [1.29, 1.82) is 0 Å². The summed E-state index contributed by atoms with van der Waals surface area (Å²) in [6.07, 6.45) is 1.46. The van der Waals surface area contributed by atoms with Crippen molar-refractivity contribution in [2.24, 2.45) is 0 Å². The Morgan fingerprint density at radius 2 is 1.80 bits per heavy atom. The molecule has 0 heterocycles. The molecule has 0 saturated carbocycles. The van der Waals surface area contributed by atoms with Crippen LogP contribution in [0.15, 0.2) is 0 Å². The third-order valence-corrected chi connectivity index (χ3v) is 2.47. The topological polar surface area (TPSA) is 24.5 Å². The van der Waals surface area contributed by atoms with Crippen LogP contribution in [0.25, 0.3) is 0 Å². The molecule has 0 atom stereocenters. The Balaban J connectivity index is 3.11. The van der Waals surface area contributed by atoms with E-state index in [1.54, 1.807) is 0 Å². The number of hydrogen-bond donors (Lipinski definition) is 1. The van der Waals surface area contributed by atoms with E-state index in [1.807, 2.05) is 0 Å². The molecule has 3 nitrogen and oxygen atoms in total. The molecule has 0 aromatic carbocycles. The summed E-state index contributed by atoms with van der Waals surface area (Å²) >= 11 is 0. The molecule has 0 bridgehead atoms. The van der Waals surface area contributed by atoms with Crippen LogP contribution < -0.4 is 5.32 Å². The summed E-state index contributed by atoms with van der Waals surface area (Å²) in [6.45, 7) is 12.7. The lowest BCUT2D eigenvalue weighted by Crippen LogP contribution is -2.34. The van der Waals surface area contributed by atoms with Crippen LogP contribution in [0.2, 0.25) is 0 Å². The van der Waals surface area contributed by atoms with Crippen LogP contribution in [0.3, 0.4) is 0 Å². The highest BCUT2D eigenvalue weighted by atomic mass is 16.5. The van der Waals surface area contributed by atoms with E-state index >= 15 is 0 Å². The molecule has 0 aliphatic carbocycles. The van der Waals surface area contributed by atoms with Gasteiger partial charge in [-0.1, -0.05) is 0 Å². The van der Waals surface area contributed by atoms with Crippen LogP contribution in [0.5, 0.6) is 0 Å². The van der Waals surface area contributed by atoms with Gasteiger partial charge in [-0.25, -0.2) is 0 Å². The molecule has 92 valence electrons. The van der Waals surface area contributed by atoms with Crippen molar-refractivity contribution in [3.05, 3.63) is 0 Å². The molecule has 0 unspecified atom stereocenters. The van der Waals surface area contributed by atoms with Crippen LogP contribution in [0.1, 0.15) is 34.1 Å². The highest BCUT2D eigenvalue weighted by Gasteiger charge is 2.01. The lowest BCUT2D eigenvalue weighted by molar-refractivity contribution is 0.0770. The minimum absolute atomic E-state index is 0.358. The first-order valence-electron chi connectivity index (χ1n) is 6.06. The van der Waals surface area contributed by atoms with Crippen molar-refractivity contribution in [3.63, 3.8) is 0 Å². The predicted octanol–water partition coefficient (Wildman–Crippen LogP) is 1.73. The van der Waals surface area contributed by atoms with Crippen molar-refractivity contribution < 1.29 is 4.74 Å². The maximum atomic E-state index is 5.46. The number of hydrogen-bond acceptors (Lipinski definition) is 3. The molecule has 0 aliphatic heterocycles. The third kappa shape index (κ3) is 10.2. The van der Waals surface area contributed by atoms with E-state index in [0.29, 0.717) is 12.1 Å². The maximum Gasteiger partial charge on any atom is 0.0518 e. The third-order valence-electron chi connectivity index (χ3n) is 2.47. The van der Waals surface area contributed by atoms with Crippen molar-refractivity contribution in [2.45, 2.75) is 46.3 Å². The first-order chi connectivity index (χ1) is 7.04. The monoisotopic (exact) mass is 216 g/mol. The minimum Gasteiger partial charge on any atom is -0.379 e. The maximum absolute atomic E-state index is 5.46. The highest BCUT2D eigenvalue weighted by molar-refractivity contribution is 4.58. The zero-order valence-corrected chi connectivity index (χ0v) is 11.0. The van der Waals surface area contributed by atoms with Gasteiger partial charge in [-0.15, -0.1) is 0 Å². The van der Waals surface area contributed by atoms with Gasteiger partial charge in [-0.3, -0.25) is 0 Å². The molecule has 3 heteroatoms. The van der Waals surface area contributed by atoms with Gasteiger partial charge in [-0.2, -0.15) is 0 Å². The summed E-state index contributed by atoms with van der Waals surface area (Å²) < 4.78 is 5.46. The van der Waals surface area contributed by atoms with Gasteiger partial charge in [0.15, 0.2) is 0 Å². The summed E-state index contributed by atoms with van der Waals surface area (Å²) in [7, 11) is 2.16. The van der Waals surface area contributed by atoms with Crippen molar-refractivity contribution in [2.75, 3.05) is 33.3 Å². The van der Waals surface area contributed by atoms with E-state index in [9.17, 15) is 0 Å². The summed E-state index contributed by atoms with van der Waals surface area (Å²) in [4.78, 5) is 2.34. The largest absolute Gasteiger partial charge is 0.379 e. The highest BCUT2D eigenvalue weighted by Crippen LogP contribution is 1.91. The molecular weight excluding hydrogens is 188 g/mol. The molecule has 0 aliphatic rings. The average molecular weight is 216 g/mol. The van der Waals surface area contributed by atoms with Gasteiger partial charge in [0.1, 0.15) is 0 Å². The van der Waals surface area contributed by atoms with Crippen molar-refractivity contribution in [3.8, 4) is 0 Å². The summed E-state index contributed by atoms with van der Waals surface area (Å²) in [6, 6.07) is 0.635. The molecule has 0 saturated heterocycles. The molecule has 0 aromatic rings. The fraction of sp³-hybridized carbons (Fsp3) is 1.00. The molecule has 15 heavy (non-hydrogen) atoms. The van der Waals surface area contributed by atoms with E-state index in [2.05, 4.69) is 45.0 Å². The summed E-state index contributed by atoms with van der Waals surface area (Å²) in [5.74, 6) is 0. The Labute approximate surface area is 95.2 Å². The molecule has 0 fully saturated rings. The van der Waals surface area contributed by atoms with Gasteiger partial charge in [0.05, 0.1) is 6.10 Å². The van der Waals surface area contributed by atoms with E-state index in [4.69, 9.17) is 4.74 Å². The van der Waals surface area contributed by atoms with Crippen molar-refractivity contribution >= 4 is 0 Å². The Bertz CT molecular complexity index is 138. The minimum atomic E-state index is 0.358. The number of rotatable bonds is 9. The molecule has 0 aromatic heterocycles.